The summed E-state index contributed by atoms with van der Waals surface area (Å²) in [6.07, 6.45) is 2.60. The number of amides is 1. The lowest BCUT2D eigenvalue weighted by Gasteiger charge is -2.16. The van der Waals surface area contributed by atoms with Crippen LogP contribution in [0.2, 0.25) is 0 Å². The molecular weight excluding hydrogens is 390 g/mol. The average molecular weight is 416 g/mol. The summed E-state index contributed by atoms with van der Waals surface area (Å²) in [5.41, 5.74) is 1.78. The van der Waals surface area contributed by atoms with E-state index in [0.717, 1.165) is 17.7 Å². The molecule has 0 saturated heterocycles. The molecule has 3 aromatic rings. The van der Waals surface area contributed by atoms with Crippen LogP contribution >= 0.6 is 11.8 Å². The number of aryl methyl sites for hydroxylation is 1. The fourth-order valence-corrected chi connectivity index (χ4v) is 3.55. The summed E-state index contributed by atoms with van der Waals surface area (Å²) < 4.78 is 8.84. The molecule has 10 heteroatoms. The summed E-state index contributed by atoms with van der Waals surface area (Å²) in [5.74, 6) is 1.18. The third-order valence-corrected chi connectivity index (χ3v) is 5.62. The van der Waals surface area contributed by atoms with E-state index >= 15 is 0 Å². The minimum absolute atomic E-state index is 0.147. The number of benzene rings is 1. The van der Waals surface area contributed by atoms with E-state index in [2.05, 4.69) is 39.8 Å². The van der Waals surface area contributed by atoms with E-state index in [4.69, 9.17) is 4.74 Å². The molecule has 2 heterocycles. The normalized spacial score (nSPS) is 13.1. The second-order valence-corrected chi connectivity index (χ2v) is 8.02. The summed E-state index contributed by atoms with van der Waals surface area (Å²) in [6.45, 7) is 7.94. The van der Waals surface area contributed by atoms with Gasteiger partial charge in [-0.05, 0) is 55.3 Å². The van der Waals surface area contributed by atoms with Gasteiger partial charge in [-0.1, -0.05) is 24.8 Å². The molecule has 0 unspecified atom stereocenters. The van der Waals surface area contributed by atoms with E-state index in [1.807, 2.05) is 36.7 Å². The van der Waals surface area contributed by atoms with Gasteiger partial charge in [-0.25, -0.2) is 4.68 Å². The molecule has 0 fully saturated rings. The van der Waals surface area contributed by atoms with Crippen LogP contribution in [0.4, 0.5) is 5.82 Å². The molecule has 1 N–H and O–H groups in total. The zero-order valence-corrected chi connectivity index (χ0v) is 18.0. The number of carbonyl (C=O) groups is 1. The van der Waals surface area contributed by atoms with Gasteiger partial charge in [0.1, 0.15) is 17.3 Å². The second kappa shape index (κ2) is 9.08. The number of ether oxygens (including phenoxy) is 1. The first-order chi connectivity index (χ1) is 13.9. The van der Waals surface area contributed by atoms with Gasteiger partial charge in [0.15, 0.2) is 0 Å². The fourth-order valence-electron chi connectivity index (χ4n) is 2.75. The number of hydrogen-bond acceptors (Lipinski definition) is 7. The van der Waals surface area contributed by atoms with Gasteiger partial charge in [0.2, 0.25) is 11.1 Å². The molecule has 0 bridgehead atoms. The highest BCUT2D eigenvalue weighted by Crippen LogP contribution is 2.29. The van der Waals surface area contributed by atoms with Crippen molar-refractivity contribution in [2.45, 2.75) is 50.6 Å². The fraction of sp³-hybridized carbons (Fsp3) is 0.421. The molecule has 0 aliphatic carbocycles. The van der Waals surface area contributed by atoms with Crippen molar-refractivity contribution in [1.82, 2.24) is 30.0 Å². The Morgan fingerprint density at radius 3 is 2.83 bits per heavy atom. The lowest BCUT2D eigenvalue weighted by Crippen LogP contribution is -2.25. The molecule has 1 aromatic carbocycles. The van der Waals surface area contributed by atoms with Crippen LogP contribution in [-0.2, 0) is 4.79 Å². The van der Waals surface area contributed by atoms with E-state index in [0.29, 0.717) is 16.7 Å². The van der Waals surface area contributed by atoms with Gasteiger partial charge in [0.25, 0.3) is 0 Å². The maximum absolute atomic E-state index is 12.7. The number of aromatic nitrogens is 6. The van der Waals surface area contributed by atoms with Crippen LogP contribution in [0.1, 0.15) is 38.8 Å². The maximum Gasteiger partial charge on any atom is 0.238 e. The predicted octanol–water partition coefficient (Wildman–Crippen LogP) is 3.27. The highest BCUT2D eigenvalue weighted by molar-refractivity contribution is 8.00. The van der Waals surface area contributed by atoms with Crippen LogP contribution in [-0.4, -0.2) is 48.3 Å². The Morgan fingerprint density at radius 2 is 2.10 bits per heavy atom. The molecule has 2 aromatic heterocycles. The van der Waals surface area contributed by atoms with Crippen molar-refractivity contribution in [3.63, 3.8) is 0 Å². The Kier molecular flexibility index (Phi) is 6.53. The summed E-state index contributed by atoms with van der Waals surface area (Å²) in [6, 6.07) is 7.75. The van der Waals surface area contributed by atoms with E-state index in [-0.39, 0.29) is 11.9 Å². The van der Waals surface area contributed by atoms with Gasteiger partial charge in [-0.2, -0.15) is 9.78 Å². The highest BCUT2D eigenvalue weighted by Gasteiger charge is 2.22. The van der Waals surface area contributed by atoms with Crippen molar-refractivity contribution in [2.75, 3.05) is 12.4 Å². The summed E-state index contributed by atoms with van der Waals surface area (Å²) in [4.78, 5) is 12.7. The van der Waals surface area contributed by atoms with Gasteiger partial charge < -0.3 is 10.1 Å². The number of methoxy groups -OCH3 is 1. The van der Waals surface area contributed by atoms with Crippen molar-refractivity contribution in [2.24, 2.45) is 0 Å². The second-order valence-electron chi connectivity index (χ2n) is 6.72. The van der Waals surface area contributed by atoms with E-state index in [9.17, 15) is 4.79 Å². The van der Waals surface area contributed by atoms with Crippen molar-refractivity contribution in [1.29, 1.82) is 0 Å². The van der Waals surface area contributed by atoms with Crippen LogP contribution < -0.4 is 10.1 Å². The Labute approximate surface area is 173 Å². The van der Waals surface area contributed by atoms with Gasteiger partial charge in [0, 0.05) is 6.07 Å². The standard InChI is InChI=1S/C19H25N7O2S/c1-6-13(3)25-17(9-10-20-25)21-18(27)14(4)29-19-22-23-24-26(19)15-11-12(2)7-8-16(15)28-5/h7-11,13-14H,6H2,1-5H3,(H,21,27)/t13-,14+/m0/s1. The van der Waals surface area contributed by atoms with Crippen LogP contribution in [0, 0.1) is 6.92 Å². The molecule has 154 valence electrons. The van der Waals surface area contributed by atoms with Crippen LogP contribution in [0.3, 0.4) is 0 Å². The molecule has 0 aliphatic rings. The first kappa shape index (κ1) is 20.8. The zero-order valence-electron chi connectivity index (χ0n) is 17.2. The average Bonchev–Trinajstić information content (AvgIpc) is 3.36. The maximum atomic E-state index is 12.7. The number of carbonyl (C=O) groups excluding carboxylic acids is 1. The number of rotatable bonds is 8. The van der Waals surface area contributed by atoms with Gasteiger partial charge in [-0.3, -0.25) is 4.79 Å². The molecule has 9 nitrogen and oxygen atoms in total. The van der Waals surface area contributed by atoms with Crippen LogP contribution in [0.15, 0.2) is 35.6 Å². The van der Waals surface area contributed by atoms with Crippen molar-refractivity contribution < 1.29 is 9.53 Å². The molecule has 2 atom stereocenters. The van der Waals surface area contributed by atoms with Gasteiger partial charge in [0.05, 0.1) is 24.6 Å². The SMILES string of the molecule is CC[C@H](C)n1nccc1NC(=O)[C@@H](C)Sc1nnnn1-c1cc(C)ccc1OC. The highest BCUT2D eigenvalue weighted by atomic mass is 32.2. The monoisotopic (exact) mass is 415 g/mol. The van der Waals surface area contributed by atoms with Crippen LogP contribution in [0.5, 0.6) is 5.75 Å². The summed E-state index contributed by atoms with van der Waals surface area (Å²) >= 11 is 1.28. The smallest absolute Gasteiger partial charge is 0.238 e. The first-order valence-corrected chi connectivity index (χ1v) is 10.3. The van der Waals surface area contributed by atoms with Crippen LogP contribution in [0.25, 0.3) is 5.69 Å². The molecule has 0 saturated carbocycles. The number of tetrazole rings is 1. The Balaban J connectivity index is 1.77. The molecular formula is C19H25N7O2S. The summed E-state index contributed by atoms with van der Waals surface area (Å²) in [5, 5.41) is 19.3. The number of hydrogen-bond donors (Lipinski definition) is 1. The van der Waals surface area contributed by atoms with E-state index in [1.54, 1.807) is 24.1 Å². The number of nitrogens with one attached hydrogen (secondary N) is 1. The number of anilines is 1. The zero-order chi connectivity index (χ0) is 21.0. The van der Waals surface area contributed by atoms with Gasteiger partial charge >= 0.3 is 0 Å². The molecule has 1 amide bonds. The van der Waals surface area contributed by atoms with Crippen molar-refractivity contribution in [3.05, 3.63) is 36.0 Å². The first-order valence-electron chi connectivity index (χ1n) is 9.39. The Hall–Kier alpha value is -2.88. The lowest BCUT2D eigenvalue weighted by atomic mass is 10.2. The number of thioether (sulfide) groups is 1. The Morgan fingerprint density at radius 1 is 1.31 bits per heavy atom. The third kappa shape index (κ3) is 4.58. The molecule has 0 aliphatic heterocycles. The third-order valence-electron chi connectivity index (χ3n) is 4.58. The largest absolute Gasteiger partial charge is 0.494 e. The topological polar surface area (TPSA) is 99.8 Å². The molecule has 3 rings (SSSR count). The molecule has 0 spiro atoms. The van der Waals surface area contributed by atoms with E-state index < -0.39 is 5.25 Å². The Bertz CT molecular complexity index is 985. The predicted molar refractivity (Wildman–Crippen MR) is 112 cm³/mol. The minimum Gasteiger partial charge on any atom is -0.494 e. The van der Waals surface area contributed by atoms with Gasteiger partial charge in [-0.15, -0.1) is 5.10 Å². The number of nitrogens with zero attached hydrogens (tertiary/aromatic N) is 6. The lowest BCUT2D eigenvalue weighted by molar-refractivity contribution is -0.115. The summed E-state index contributed by atoms with van der Waals surface area (Å²) in [7, 11) is 1.60. The minimum atomic E-state index is -0.421. The van der Waals surface area contributed by atoms with E-state index in [1.165, 1.54) is 11.8 Å². The quantitative estimate of drug-likeness (QED) is 0.564. The van der Waals surface area contributed by atoms with Crippen molar-refractivity contribution >= 4 is 23.5 Å². The van der Waals surface area contributed by atoms with Crippen molar-refractivity contribution in [3.8, 4) is 11.4 Å². The molecule has 0 radical (unpaired) electrons. The molecule has 29 heavy (non-hydrogen) atoms.